The molecular formula is C29H35N3O3. The number of nitrogens with zero attached hydrogens (tertiary/aromatic N) is 2. The van der Waals surface area contributed by atoms with Crippen LogP contribution in [0.2, 0.25) is 0 Å². The quantitative estimate of drug-likeness (QED) is 0.465. The van der Waals surface area contributed by atoms with Crippen molar-refractivity contribution >= 4 is 11.8 Å². The molecule has 1 fully saturated rings. The molecule has 2 aliphatic rings. The first-order valence-corrected chi connectivity index (χ1v) is 13.0. The van der Waals surface area contributed by atoms with Gasteiger partial charge in [-0.25, -0.2) is 0 Å². The lowest BCUT2D eigenvalue weighted by Gasteiger charge is -2.45. The second-order valence-corrected chi connectivity index (χ2v) is 10.1. The summed E-state index contributed by atoms with van der Waals surface area (Å²) in [4.78, 5) is 29.5. The molecule has 1 unspecified atom stereocenters. The van der Waals surface area contributed by atoms with Crippen LogP contribution < -0.4 is 5.32 Å². The van der Waals surface area contributed by atoms with Crippen molar-refractivity contribution < 1.29 is 14.0 Å². The fraction of sp³-hybridized carbons (Fsp3) is 0.448. The minimum Gasteiger partial charge on any atom is -0.463 e. The molecule has 6 nitrogen and oxygen atoms in total. The van der Waals surface area contributed by atoms with Crippen molar-refractivity contribution in [2.75, 3.05) is 6.54 Å². The summed E-state index contributed by atoms with van der Waals surface area (Å²) in [5, 5.41) is 3.34. The van der Waals surface area contributed by atoms with Crippen molar-refractivity contribution in [3.63, 3.8) is 0 Å². The summed E-state index contributed by atoms with van der Waals surface area (Å²) < 4.78 is 7.60. The predicted octanol–water partition coefficient (Wildman–Crippen LogP) is 5.43. The first-order valence-electron chi connectivity index (χ1n) is 13.0. The Morgan fingerprint density at radius 3 is 2.46 bits per heavy atom. The fourth-order valence-corrected chi connectivity index (χ4v) is 5.61. The first-order chi connectivity index (χ1) is 17.1. The third-order valence-corrected chi connectivity index (χ3v) is 7.65. The molecule has 0 radical (unpaired) electrons. The molecule has 1 aliphatic heterocycles. The van der Waals surface area contributed by atoms with E-state index in [1.807, 2.05) is 58.9 Å². The maximum Gasteiger partial charge on any atom is 0.271 e. The monoisotopic (exact) mass is 473 g/mol. The van der Waals surface area contributed by atoms with E-state index in [1.54, 1.807) is 6.26 Å². The van der Waals surface area contributed by atoms with E-state index in [1.165, 1.54) is 18.4 Å². The van der Waals surface area contributed by atoms with Crippen molar-refractivity contribution in [3.8, 4) is 11.5 Å². The largest absolute Gasteiger partial charge is 0.463 e. The third-order valence-electron chi connectivity index (χ3n) is 7.65. The Hall–Kier alpha value is -3.28. The highest BCUT2D eigenvalue weighted by Crippen LogP contribution is 2.34. The lowest BCUT2D eigenvalue weighted by atomic mass is 9.93. The molecule has 1 aliphatic carbocycles. The highest BCUT2D eigenvalue weighted by atomic mass is 16.3. The van der Waals surface area contributed by atoms with Gasteiger partial charge < -0.3 is 19.2 Å². The van der Waals surface area contributed by atoms with Crippen LogP contribution in [0, 0.1) is 0 Å². The Kier molecular flexibility index (Phi) is 6.80. The summed E-state index contributed by atoms with van der Waals surface area (Å²) in [7, 11) is 0. The van der Waals surface area contributed by atoms with E-state index in [-0.39, 0.29) is 17.9 Å². The van der Waals surface area contributed by atoms with E-state index in [0.29, 0.717) is 24.5 Å². The van der Waals surface area contributed by atoms with Gasteiger partial charge in [0.1, 0.15) is 17.0 Å². The van der Waals surface area contributed by atoms with Gasteiger partial charge in [-0.1, -0.05) is 56.0 Å². The van der Waals surface area contributed by atoms with E-state index < -0.39 is 5.54 Å². The average molecular weight is 474 g/mol. The van der Waals surface area contributed by atoms with Crippen LogP contribution in [0.4, 0.5) is 0 Å². The summed E-state index contributed by atoms with van der Waals surface area (Å²) in [6.45, 7) is 2.86. The molecule has 184 valence electrons. The topological polar surface area (TPSA) is 67.5 Å². The second kappa shape index (κ2) is 10.1. The van der Waals surface area contributed by atoms with Crippen molar-refractivity contribution in [1.82, 2.24) is 14.8 Å². The number of furan rings is 1. The summed E-state index contributed by atoms with van der Waals surface area (Å²) in [5.74, 6) is 0.552. The maximum absolute atomic E-state index is 13.9. The van der Waals surface area contributed by atoms with Gasteiger partial charge in [0, 0.05) is 12.6 Å². The van der Waals surface area contributed by atoms with Gasteiger partial charge in [-0.3, -0.25) is 9.59 Å². The first kappa shape index (κ1) is 23.5. The van der Waals surface area contributed by atoms with Crippen LogP contribution in [-0.2, 0) is 17.8 Å². The fourth-order valence-electron chi connectivity index (χ4n) is 5.61. The van der Waals surface area contributed by atoms with Gasteiger partial charge in [-0.2, -0.15) is 0 Å². The highest BCUT2D eigenvalue weighted by molar-refractivity contribution is 6.00. The summed E-state index contributed by atoms with van der Waals surface area (Å²) >= 11 is 0. The number of carbonyl (C=O) groups excluding carboxylic acids is 2. The van der Waals surface area contributed by atoms with Crippen molar-refractivity contribution in [2.45, 2.75) is 76.4 Å². The number of carbonyl (C=O) groups is 2. The Bertz CT molecular complexity index is 1140. The number of hydrogen-bond donors (Lipinski definition) is 1. The molecule has 2 amide bonds. The number of nitrogens with one attached hydrogen (secondary N) is 1. The molecule has 5 rings (SSSR count). The van der Waals surface area contributed by atoms with Crippen LogP contribution in [-0.4, -0.2) is 39.4 Å². The standard InChI is InChI=1S/C29H35N3O3/c1-29(28(34)30-23-14-7-2-3-8-15-23)21-31-24(26-16-10-20-35-26)17-18-25(31)27(33)32(29)19-9-13-22-11-5-4-6-12-22/h4-6,10-12,16-18,20,23H,2-3,7-9,13-15,19,21H2,1H3,(H,30,34). The molecule has 35 heavy (non-hydrogen) atoms. The number of aryl methyl sites for hydroxylation is 1. The summed E-state index contributed by atoms with van der Waals surface area (Å²) in [6, 6.07) is 18.0. The zero-order chi connectivity index (χ0) is 24.3. The number of benzene rings is 1. The smallest absolute Gasteiger partial charge is 0.271 e. The normalized spacial score (nSPS) is 20.9. The van der Waals surface area contributed by atoms with Gasteiger partial charge >= 0.3 is 0 Å². The zero-order valence-corrected chi connectivity index (χ0v) is 20.5. The van der Waals surface area contributed by atoms with Crippen LogP contribution >= 0.6 is 0 Å². The number of rotatable bonds is 7. The maximum atomic E-state index is 13.9. The van der Waals surface area contributed by atoms with Crippen molar-refractivity contribution in [1.29, 1.82) is 0 Å². The summed E-state index contributed by atoms with van der Waals surface area (Å²) in [5.41, 5.74) is 1.70. The molecule has 3 aromatic rings. The average Bonchev–Trinajstić information content (AvgIpc) is 3.47. The molecule has 0 saturated heterocycles. The van der Waals surface area contributed by atoms with E-state index in [0.717, 1.165) is 44.2 Å². The molecule has 1 saturated carbocycles. The van der Waals surface area contributed by atoms with Gasteiger partial charge in [0.2, 0.25) is 5.91 Å². The lowest BCUT2D eigenvalue weighted by molar-refractivity contribution is -0.133. The Balaban J connectivity index is 1.42. The number of fused-ring (bicyclic) bond motifs is 1. The van der Waals surface area contributed by atoms with Gasteiger partial charge in [-0.15, -0.1) is 0 Å². The van der Waals surface area contributed by atoms with E-state index in [9.17, 15) is 9.59 Å². The van der Waals surface area contributed by atoms with Crippen molar-refractivity contribution in [3.05, 3.63) is 72.1 Å². The Morgan fingerprint density at radius 2 is 1.74 bits per heavy atom. The van der Waals surface area contributed by atoms with Gasteiger partial charge in [0.05, 0.1) is 18.5 Å². The molecule has 6 heteroatoms. The van der Waals surface area contributed by atoms with Crippen LogP contribution in [0.3, 0.4) is 0 Å². The molecule has 0 spiro atoms. The van der Waals surface area contributed by atoms with Crippen LogP contribution in [0.25, 0.3) is 11.5 Å². The number of aromatic nitrogens is 1. The molecule has 1 atom stereocenters. The summed E-state index contributed by atoms with van der Waals surface area (Å²) in [6.07, 6.45) is 10.1. The highest BCUT2D eigenvalue weighted by Gasteiger charge is 2.48. The molecule has 3 heterocycles. The third kappa shape index (κ3) is 4.79. The number of hydrogen-bond acceptors (Lipinski definition) is 3. The van der Waals surface area contributed by atoms with Crippen LogP contribution in [0.1, 0.15) is 67.9 Å². The zero-order valence-electron chi connectivity index (χ0n) is 20.5. The predicted molar refractivity (Wildman–Crippen MR) is 136 cm³/mol. The van der Waals surface area contributed by atoms with Gasteiger partial charge in [0.15, 0.2) is 0 Å². The molecule has 1 N–H and O–H groups in total. The SMILES string of the molecule is CC1(C(=O)NC2CCCCCC2)Cn2c(ccc2-c2ccco2)C(=O)N1CCCc1ccccc1. The van der Waals surface area contributed by atoms with E-state index >= 15 is 0 Å². The Labute approximate surface area is 207 Å². The van der Waals surface area contributed by atoms with Crippen molar-refractivity contribution in [2.24, 2.45) is 0 Å². The van der Waals surface area contributed by atoms with E-state index in [2.05, 4.69) is 17.4 Å². The lowest BCUT2D eigenvalue weighted by Crippen LogP contribution is -2.65. The van der Waals surface area contributed by atoms with Gasteiger partial charge in [-0.05, 0) is 62.4 Å². The van der Waals surface area contributed by atoms with Gasteiger partial charge in [0.25, 0.3) is 5.91 Å². The Morgan fingerprint density at radius 1 is 1.00 bits per heavy atom. The molecule has 0 bridgehead atoms. The molecular weight excluding hydrogens is 438 g/mol. The second-order valence-electron chi connectivity index (χ2n) is 10.1. The van der Waals surface area contributed by atoms with Crippen LogP contribution in [0.15, 0.2) is 65.3 Å². The van der Waals surface area contributed by atoms with Crippen LogP contribution in [0.5, 0.6) is 0 Å². The molecule has 2 aromatic heterocycles. The molecule has 1 aromatic carbocycles. The minimum atomic E-state index is -0.979. The number of amides is 2. The minimum absolute atomic E-state index is 0.0535. The van der Waals surface area contributed by atoms with E-state index in [4.69, 9.17) is 4.42 Å².